The van der Waals surface area contributed by atoms with E-state index in [-0.39, 0.29) is 28.1 Å². The van der Waals surface area contributed by atoms with Gasteiger partial charge in [0.1, 0.15) is 10.7 Å². The van der Waals surface area contributed by atoms with Crippen LogP contribution in [0.1, 0.15) is 21.6 Å². The molecule has 0 radical (unpaired) electrons. The van der Waals surface area contributed by atoms with Crippen molar-refractivity contribution in [2.45, 2.75) is 24.6 Å². The number of aromatic nitrogens is 2. The summed E-state index contributed by atoms with van der Waals surface area (Å²) in [6.45, 7) is 1.66. The third kappa shape index (κ3) is 2.97. The van der Waals surface area contributed by atoms with Gasteiger partial charge in [0.15, 0.2) is 0 Å². The molecule has 6 heteroatoms. The smallest absolute Gasteiger partial charge is 0.263 e. The number of nitrogens with zero attached hydrogens (tertiary/aromatic N) is 2. The van der Waals surface area contributed by atoms with Crippen LogP contribution in [0.15, 0.2) is 66.0 Å². The van der Waals surface area contributed by atoms with Crippen LogP contribution in [0, 0.1) is 5.82 Å². The van der Waals surface area contributed by atoms with Crippen LogP contribution in [0.3, 0.4) is 0 Å². The van der Waals surface area contributed by atoms with E-state index in [1.165, 1.54) is 55.0 Å². The lowest BCUT2D eigenvalue weighted by molar-refractivity contribution is 0.587. The Morgan fingerprint density at radius 3 is 2.71 bits per heavy atom. The molecule has 0 saturated carbocycles. The normalized spacial score (nSPS) is 13.4. The van der Waals surface area contributed by atoms with Crippen molar-refractivity contribution in [3.63, 3.8) is 0 Å². The molecule has 2 heterocycles. The van der Waals surface area contributed by atoms with Crippen LogP contribution in [0.5, 0.6) is 0 Å². The molecule has 124 valence electrons. The lowest BCUT2D eigenvalue weighted by atomic mass is 10.1. The fraction of sp³-hybridized carbons (Fsp3) is 0.167. The van der Waals surface area contributed by atoms with Crippen molar-refractivity contribution in [3.05, 3.63) is 72.4 Å². The molecule has 1 aromatic carbocycles. The van der Waals surface area contributed by atoms with E-state index < -0.39 is 22.2 Å². The molecule has 0 N–H and O–H groups in total. The summed E-state index contributed by atoms with van der Waals surface area (Å²) in [6.07, 6.45) is 2.28. The van der Waals surface area contributed by atoms with E-state index in [1.807, 2.05) is 0 Å². The van der Waals surface area contributed by atoms with Crippen molar-refractivity contribution >= 4 is 10.0 Å². The van der Waals surface area contributed by atoms with Gasteiger partial charge < -0.3 is 0 Å². The summed E-state index contributed by atoms with van der Waals surface area (Å²) in [4.78, 5) is 3.77. The summed E-state index contributed by atoms with van der Waals surface area (Å²) >= 11 is 0. The monoisotopic (exact) mass is 346 g/mol. The first-order valence-electron chi connectivity index (χ1n) is 8.41. The van der Waals surface area contributed by atoms with Gasteiger partial charge in [-0.1, -0.05) is 25.5 Å². The van der Waals surface area contributed by atoms with Gasteiger partial charge in [-0.25, -0.2) is 16.8 Å². The Kier molecular flexibility index (Phi) is 3.81. The van der Waals surface area contributed by atoms with E-state index in [9.17, 15) is 12.8 Å². The zero-order valence-corrected chi connectivity index (χ0v) is 13.8. The molecular formula is C18H17FN2O2S. The minimum atomic E-state index is -4.06. The van der Waals surface area contributed by atoms with Gasteiger partial charge in [0.2, 0.25) is 0 Å². The number of hydrogen-bond donors (Lipinski definition) is 0. The molecule has 0 spiro atoms. The molecule has 0 aliphatic rings. The number of halogens is 1. The summed E-state index contributed by atoms with van der Waals surface area (Å²) < 4.78 is 57.5. The molecule has 0 aliphatic carbocycles. The average Bonchev–Trinajstić information content (AvgIpc) is 3.10. The van der Waals surface area contributed by atoms with Crippen LogP contribution in [0.25, 0.3) is 11.3 Å². The standard InChI is InChI=1S/C18H17FN2O2S/c1-2-6-14-11-18(16-8-3-4-9-17(16)19)21(13-14)24(22,23)15-7-5-10-20-12-15/h3-5,7-13H,2,6H2,1H3/i6D2. The van der Waals surface area contributed by atoms with Gasteiger partial charge in [-0.15, -0.1) is 0 Å². The van der Waals surface area contributed by atoms with E-state index in [4.69, 9.17) is 2.74 Å². The molecule has 0 bridgehead atoms. The first-order chi connectivity index (χ1) is 12.3. The van der Waals surface area contributed by atoms with Crippen molar-refractivity contribution in [3.8, 4) is 11.3 Å². The molecule has 0 saturated heterocycles. The van der Waals surface area contributed by atoms with Gasteiger partial charge in [0.05, 0.1) is 5.69 Å². The molecule has 0 atom stereocenters. The lowest BCUT2D eigenvalue weighted by Gasteiger charge is -2.10. The Hall–Kier alpha value is -2.47. The van der Waals surface area contributed by atoms with Gasteiger partial charge in [-0.3, -0.25) is 4.98 Å². The van der Waals surface area contributed by atoms with Gasteiger partial charge in [0, 0.05) is 26.9 Å². The summed E-state index contributed by atoms with van der Waals surface area (Å²) in [5.74, 6) is -0.586. The van der Waals surface area contributed by atoms with Crippen molar-refractivity contribution in [2.75, 3.05) is 0 Å². The number of rotatable bonds is 5. The molecule has 24 heavy (non-hydrogen) atoms. The highest BCUT2D eigenvalue weighted by Gasteiger charge is 2.23. The zero-order chi connectivity index (χ0) is 18.9. The predicted octanol–water partition coefficient (Wildman–Crippen LogP) is 3.88. The van der Waals surface area contributed by atoms with Crippen molar-refractivity contribution in [1.29, 1.82) is 0 Å². The van der Waals surface area contributed by atoms with Gasteiger partial charge in [0.25, 0.3) is 10.0 Å². The second kappa shape index (κ2) is 6.57. The second-order valence-electron chi connectivity index (χ2n) is 5.11. The maximum absolute atomic E-state index is 14.3. The molecule has 0 amide bonds. The third-order valence-corrected chi connectivity index (χ3v) is 5.17. The molecule has 3 rings (SSSR count). The molecule has 2 aromatic heterocycles. The lowest BCUT2D eigenvalue weighted by Crippen LogP contribution is -2.13. The molecular weight excluding hydrogens is 327 g/mol. The summed E-state index contributed by atoms with van der Waals surface area (Å²) in [6, 6.07) is 10.1. The maximum Gasteiger partial charge on any atom is 0.269 e. The summed E-state index contributed by atoms with van der Waals surface area (Å²) in [7, 11) is -4.06. The highest BCUT2D eigenvalue weighted by molar-refractivity contribution is 7.90. The van der Waals surface area contributed by atoms with Crippen molar-refractivity contribution in [1.82, 2.24) is 8.96 Å². The van der Waals surface area contributed by atoms with Gasteiger partial charge in [-0.2, -0.15) is 0 Å². The van der Waals surface area contributed by atoms with Crippen LogP contribution in [-0.4, -0.2) is 17.4 Å². The average molecular weight is 346 g/mol. The van der Waals surface area contributed by atoms with E-state index in [0.717, 1.165) is 3.97 Å². The highest BCUT2D eigenvalue weighted by atomic mass is 32.2. The van der Waals surface area contributed by atoms with E-state index in [0.29, 0.717) is 0 Å². The number of aryl methyl sites for hydroxylation is 1. The van der Waals surface area contributed by atoms with E-state index >= 15 is 0 Å². The molecule has 4 nitrogen and oxygen atoms in total. The number of pyridine rings is 1. The Morgan fingerprint density at radius 1 is 1.25 bits per heavy atom. The first-order valence-corrected chi connectivity index (χ1v) is 8.85. The van der Waals surface area contributed by atoms with Crippen LogP contribution >= 0.6 is 0 Å². The predicted molar refractivity (Wildman–Crippen MR) is 90.6 cm³/mol. The number of benzene rings is 1. The van der Waals surface area contributed by atoms with Gasteiger partial charge in [-0.05, 0) is 42.3 Å². The Morgan fingerprint density at radius 2 is 2.04 bits per heavy atom. The second-order valence-corrected chi connectivity index (χ2v) is 6.93. The van der Waals surface area contributed by atoms with E-state index in [1.54, 1.807) is 13.0 Å². The number of hydrogen-bond acceptors (Lipinski definition) is 3. The highest BCUT2D eigenvalue weighted by Crippen LogP contribution is 2.29. The van der Waals surface area contributed by atoms with Crippen molar-refractivity contribution in [2.24, 2.45) is 0 Å². The maximum atomic E-state index is 14.3. The minimum absolute atomic E-state index is 0.0585. The SMILES string of the molecule is [2H]C([2H])(CC)c1cc(-c2ccccc2F)n(S(=O)(=O)c2cccnc2)c1. The molecule has 0 unspecified atom stereocenters. The Labute approximate surface area is 143 Å². The largest absolute Gasteiger partial charge is 0.269 e. The third-order valence-electron chi connectivity index (χ3n) is 3.51. The zero-order valence-electron chi connectivity index (χ0n) is 15.0. The Balaban J connectivity index is 2.29. The minimum Gasteiger partial charge on any atom is -0.263 e. The summed E-state index contributed by atoms with van der Waals surface area (Å²) in [5, 5.41) is 0. The molecule has 0 fully saturated rings. The molecule has 3 aromatic rings. The van der Waals surface area contributed by atoms with Crippen molar-refractivity contribution < 1.29 is 15.5 Å². The topological polar surface area (TPSA) is 52.0 Å². The van der Waals surface area contributed by atoms with Crippen LogP contribution in [-0.2, 0) is 16.4 Å². The Bertz CT molecular complexity index is 1030. The fourth-order valence-corrected chi connectivity index (χ4v) is 3.76. The van der Waals surface area contributed by atoms with E-state index in [2.05, 4.69) is 4.98 Å². The molecule has 0 aliphatic heterocycles. The fourth-order valence-electron chi connectivity index (χ4n) is 2.42. The summed E-state index contributed by atoms with van der Waals surface area (Å²) in [5.41, 5.74) is 0.322. The van der Waals surface area contributed by atoms with Crippen LogP contribution in [0.4, 0.5) is 4.39 Å². The van der Waals surface area contributed by atoms with Gasteiger partial charge >= 0.3 is 0 Å². The first kappa shape index (κ1) is 13.9. The van der Waals surface area contributed by atoms with Crippen LogP contribution < -0.4 is 0 Å². The quantitative estimate of drug-likeness (QED) is 0.704. The van der Waals surface area contributed by atoms with Crippen LogP contribution in [0.2, 0.25) is 0 Å².